The molecule has 228 valence electrons. The molecule has 0 atom stereocenters. The first-order valence-corrected chi connectivity index (χ1v) is 16.9. The summed E-state index contributed by atoms with van der Waals surface area (Å²) in [5.41, 5.74) is 0. The molecule has 0 unspecified atom stereocenters. The van der Waals surface area contributed by atoms with E-state index in [4.69, 9.17) is 18.9 Å². The minimum Gasteiger partial charge on any atom is -0.475 e. The maximum Gasteiger partial charge on any atom is 0.188 e. The maximum absolute atomic E-state index is 6.18. The Bertz CT molecular complexity index is 418. The molecule has 0 heterocycles. The van der Waals surface area contributed by atoms with Crippen LogP contribution in [0, 0.1) is 0 Å². The normalized spacial score (nSPS) is 11.8. The summed E-state index contributed by atoms with van der Waals surface area (Å²) in [6.45, 7) is 9.63. The van der Waals surface area contributed by atoms with Gasteiger partial charge in [0.15, 0.2) is 13.1 Å². The highest BCUT2D eigenvalue weighted by molar-refractivity contribution is 4.73. The van der Waals surface area contributed by atoms with Gasteiger partial charge in [-0.3, -0.25) is 0 Å². The molecule has 0 bridgehead atoms. The molecule has 4 nitrogen and oxygen atoms in total. The lowest BCUT2D eigenvalue weighted by molar-refractivity contribution is -0.148. The van der Waals surface area contributed by atoms with Crippen LogP contribution in [0.3, 0.4) is 0 Å². The van der Waals surface area contributed by atoms with Crippen molar-refractivity contribution in [2.24, 2.45) is 0 Å². The van der Waals surface area contributed by atoms with E-state index in [-0.39, 0.29) is 6.29 Å². The first-order valence-electron chi connectivity index (χ1n) is 16.9. The van der Waals surface area contributed by atoms with E-state index in [2.05, 4.69) is 26.8 Å². The Morgan fingerprint density at radius 2 is 0.921 bits per heavy atom. The monoisotopic (exact) mass is 541 g/mol. The first kappa shape index (κ1) is 37.4. The fraction of sp³-hybridized carbons (Fsp3) is 0.941. The number of hydrogen-bond donors (Lipinski definition) is 0. The molecule has 0 saturated carbocycles. The van der Waals surface area contributed by atoms with Crippen molar-refractivity contribution >= 4 is 0 Å². The standard InChI is InChI=1S/C34H68O4/c1-4-7-10-13-15-17-20-26-31-37-34(38-32-27-21-18-16-14-11-8-5-2)28-23-19-22-25-30-36-33-35-29-24-12-9-6-3/h25,30,34H,4-24,26-29,31-33H2,1-3H3. The van der Waals surface area contributed by atoms with Crippen molar-refractivity contribution in [3.8, 4) is 0 Å². The molecule has 0 rings (SSSR count). The Morgan fingerprint density at radius 1 is 0.474 bits per heavy atom. The lowest BCUT2D eigenvalue weighted by atomic mass is 10.1. The maximum atomic E-state index is 6.18. The van der Waals surface area contributed by atoms with Gasteiger partial charge in [0, 0.05) is 13.2 Å². The summed E-state index contributed by atoms with van der Waals surface area (Å²) in [5.74, 6) is 0. The zero-order chi connectivity index (χ0) is 27.6. The lowest BCUT2D eigenvalue weighted by Gasteiger charge is -2.19. The van der Waals surface area contributed by atoms with Gasteiger partial charge >= 0.3 is 0 Å². The van der Waals surface area contributed by atoms with Crippen molar-refractivity contribution in [1.82, 2.24) is 0 Å². The van der Waals surface area contributed by atoms with Crippen molar-refractivity contribution in [1.29, 1.82) is 0 Å². The van der Waals surface area contributed by atoms with Crippen LogP contribution in [-0.4, -0.2) is 32.9 Å². The van der Waals surface area contributed by atoms with Crippen LogP contribution in [0.5, 0.6) is 0 Å². The summed E-state index contributed by atoms with van der Waals surface area (Å²) in [6.07, 6.45) is 34.4. The number of hydrogen-bond acceptors (Lipinski definition) is 4. The summed E-state index contributed by atoms with van der Waals surface area (Å²) in [5, 5.41) is 0. The van der Waals surface area contributed by atoms with Gasteiger partial charge in [0.2, 0.25) is 0 Å². The second-order valence-electron chi connectivity index (χ2n) is 11.0. The minimum absolute atomic E-state index is 0.0366. The summed E-state index contributed by atoms with van der Waals surface area (Å²) in [4.78, 5) is 0. The van der Waals surface area contributed by atoms with E-state index in [1.54, 1.807) is 6.26 Å². The lowest BCUT2D eigenvalue weighted by Crippen LogP contribution is -2.19. The van der Waals surface area contributed by atoms with E-state index in [0.717, 1.165) is 64.8 Å². The van der Waals surface area contributed by atoms with E-state index in [1.165, 1.54) is 109 Å². The molecule has 0 fully saturated rings. The highest BCUT2D eigenvalue weighted by atomic mass is 16.7. The van der Waals surface area contributed by atoms with Gasteiger partial charge in [-0.2, -0.15) is 0 Å². The zero-order valence-electron chi connectivity index (χ0n) is 26.2. The minimum atomic E-state index is -0.0366. The van der Waals surface area contributed by atoms with E-state index in [1.807, 2.05) is 0 Å². The third-order valence-corrected chi connectivity index (χ3v) is 7.15. The van der Waals surface area contributed by atoms with Crippen LogP contribution >= 0.6 is 0 Å². The Morgan fingerprint density at radius 3 is 1.45 bits per heavy atom. The van der Waals surface area contributed by atoms with Crippen LogP contribution in [0.15, 0.2) is 12.3 Å². The van der Waals surface area contributed by atoms with Gasteiger partial charge in [0.1, 0.15) is 0 Å². The molecule has 0 amide bonds. The van der Waals surface area contributed by atoms with Gasteiger partial charge in [-0.1, -0.05) is 130 Å². The molecule has 38 heavy (non-hydrogen) atoms. The van der Waals surface area contributed by atoms with Crippen LogP contribution in [0.1, 0.15) is 175 Å². The van der Waals surface area contributed by atoms with Crippen molar-refractivity contribution in [3.05, 3.63) is 12.3 Å². The Kier molecular flexibility index (Phi) is 33.9. The van der Waals surface area contributed by atoms with Gasteiger partial charge < -0.3 is 18.9 Å². The van der Waals surface area contributed by atoms with Crippen LogP contribution < -0.4 is 0 Å². The van der Waals surface area contributed by atoms with Gasteiger partial charge in [-0.25, -0.2) is 0 Å². The Hall–Kier alpha value is -0.580. The molecule has 0 spiro atoms. The van der Waals surface area contributed by atoms with Gasteiger partial charge in [-0.05, 0) is 51.0 Å². The van der Waals surface area contributed by atoms with Crippen LogP contribution in [0.2, 0.25) is 0 Å². The Labute approximate surface area is 239 Å². The molecule has 0 aliphatic rings. The quantitative estimate of drug-likeness (QED) is 0.0471. The van der Waals surface area contributed by atoms with Crippen LogP contribution in [-0.2, 0) is 18.9 Å². The largest absolute Gasteiger partial charge is 0.475 e. The number of ether oxygens (including phenoxy) is 4. The molecule has 0 aromatic heterocycles. The topological polar surface area (TPSA) is 36.9 Å². The van der Waals surface area contributed by atoms with E-state index >= 15 is 0 Å². The van der Waals surface area contributed by atoms with Crippen LogP contribution in [0.4, 0.5) is 0 Å². The van der Waals surface area contributed by atoms with Crippen LogP contribution in [0.25, 0.3) is 0 Å². The number of rotatable bonds is 33. The molecule has 0 saturated heterocycles. The molecule has 0 aromatic rings. The fourth-order valence-electron chi connectivity index (χ4n) is 4.60. The molecule has 0 aliphatic carbocycles. The second-order valence-corrected chi connectivity index (χ2v) is 11.0. The molecule has 0 aromatic carbocycles. The SMILES string of the molecule is CCCCCCCCCCOC(CCCCC=COCOCCCCCC)OCCCCCCCCCC. The van der Waals surface area contributed by atoms with E-state index < -0.39 is 0 Å². The number of unbranched alkanes of at least 4 members (excludes halogenated alkanes) is 19. The average Bonchev–Trinajstić information content (AvgIpc) is 2.93. The number of allylic oxidation sites excluding steroid dienone is 1. The highest BCUT2D eigenvalue weighted by Crippen LogP contribution is 2.14. The zero-order valence-corrected chi connectivity index (χ0v) is 26.2. The van der Waals surface area contributed by atoms with Crippen molar-refractivity contribution in [3.63, 3.8) is 0 Å². The third kappa shape index (κ3) is 31.6. The third-order valence-electron chi connectivity index (χ3n) is 7.15. The average molecular weight is 541 g/mol. The summed E-state index contributed by atoms with van der Waals surface area (Å²) < 4.78 is 23.3. The summed E-state index contributed by atoms with van der Waals surface area (Å²) in [6, 6.07) is 0. The predicted molar refractivity (Wildman–Crippen MR) is 165 cm³/mol. The fourth-order valence-corrected chi connectivity index (χ4v) is 4.60. The molecular formula is C34H68O4. The summed E-state index contributed by atoms with van der Waals surface area (Å²) >= 11 is 0. The van der Waals surface area contributed by atoms with Gasteiger partial charge in [0.05, 0.1) is 12.9 Å². The molecule has 0 aliphatic heterocycles. The van der Waals surface area contributed by atoms with Gasteiger partial charge in [-0.15, -0.1) is 0 Å². The second kappa shape index (κ2) is 34.4. The van der Waals surface area contributed by atoms with Crippen molar-refractivity contribution < 1.29 is 18.9 Å². The molecule has 4 heteroatoms. The van der Waals surface area contributed by atoms with Crippen molar-refractivity contribution in [2.45, 2.75) is 181 Å². The Balaban J connectivity index is 3.91. The van der Waals surface area contributed by atoms with E-state index in [9.17, 15) is 0 Å². The van der Waals surface area contributed by atoms with E-state index in [0.29, 0.717) is 6.79 Å². The van der Waals surface area contributed by atoms with Gasteiger partial charge in [0.25, 0.3) is 0 Å². The first-order chi connectivity index (χ1) is 18.8. The summed E-state index contributed by atoms with van der Waals surface area (Å²) in [7, 11) is 0. The smallest absolute Gasteiger partial charge is 0.188 e. The molecule has 0 radical (unpaired) electrons. The molecule has 0 N–H and O–H groups in total. The van der Waals surface area contributed by atoms with Crippen molar-refractivity contribution in [2.75, 3.05) is 26.6 Å². The highest BCUT2D eigenvalue weighted by Gasteiger charge is 2.09. The predicted octanol–water partition coefficient (Wildman–Crippen LogP) is 11.3. The molecular weight excluding hydrogens is 472 g/mol.